The van der Waals surface area contributed by atoms with Crippen molar-refractivity contribution in [1.82, 2.24) is 20.5 Å². The first kappa shape index (κ1) is 26.6. The van der Waals surface area contributed by atoms with Crippen molar-refractivity contribution in [3.8, 4) is 22.1 Å². The molecule has 2 aromatic carbocycles. The summed E-state index contributed by atoms with van der Waals surface area (Å²) in [6.45, 7) is 0.896. The van der Waals surface area contributed by atoms with Crippen LogP contribution in [0.4, 0.5) is 24.5 Å². The van der Waals surface area contributed by atoms with Crippen molar-refractivity contribution >= 4 is 28.6 Å². The van der Waals surface area contributed by atoms with E-state index in [4.69, 9.17) is 4.74 Å². The number of para-hydroxylation sites is 1. The Morgan fingerprint density at radius 2 is 1.97 bits per heavy atom. The van der Waals surface area contributed by atoms with Crippen LogP contribution < -0.4 is 20.3 Å². The molecule has 0 spiro atoms. The highest BCUT2D eigenvalue weighted by Crippen LogP contribution is 2.49. The molecule has 0 aliphatic carbocycles. The van der Waals surface area contributed by atoms with Gasteiger partial charge in [-0.3, -0.25) is 4.79 Å². The summed E-state index contributed by atoms with van der Waals surface area (Å²) in [5, 5.41) is 15.4. The Hall–Kier alpha value is -4.03. The van der Waals surface area contributed by atoms with Crippen LogP contribution in [-0.4, -0.2) is 47.3 Å². The van der Waals surface area contributed by atoms with E-state index in [0.717, 1.165) is 6.42 Å². The molecule has 5 rings (SSSR count). The van der Waals surface area contributed by atoms with Gasteiger partial charge in [-0.1, -0.05) is 18.2 Å². The van der Waals surface area contributed by atoms with E-state index in [2.05, 4.69) is 25.8 Å². The standard InChI is InChI=1S/C27H25F3N6O2S/c1-31-15-18-6-5-13-36(18)24-20(34-25(37)21-16-39-26(35-21)17-11-12-32-33-14-17)9-10-22(23(24)27(28,29)30)38-19-7-3-2-4-8-19/h2-4,7-12,14,16,18,31H,5-6,13,15H2,1H3,(H,34,37)/t18-/m1/s1. The molecule has 1 fully saturated rings. The maximum atomic E-state index is 14.8. The molecule has 2 aromatic heterocycles. The highest BCUT2D eigenvalue weighted by Gasteiger charge is 2.42. The minimum Gasteiger partial charge on any atom is -0.457 e. The Kier molecular flexibility index (Phi) is 7.75. The number of carbonyl (C=O) groups is 1. The largest absolute Gasteiger partial charge is 0.457 e. The van der Waals surface area contributed by atoms with Crippen LogP contribution in [0.3, 0.4) is 0 Å². The van der Waals surface area contributed by atoms with Crippen LogP contribution in [0, 0.1) is 0 Å². The summed E-state index contributed by atoms with van der Waals surface area (Å²) in [7, 11) is 1.76. The van der Waals surface area contributed by atoms with Crippen LogP contribution in [0.2, 0.25) is 0 Å². The van der Waals surface area contributed by atoms with Gasteiger partial charge in [-0.05, 0) is 50.2 Å². The Morgan fingerprint density at radius 1 is 1.15 bits per heavy atom. The lowest BCUT2D eigenvalue weighted by Crippen LogP contribution is -2.38. The van der Waals surface area contributed by atoms with Gasteiger partial charge in [-0.2, -0.15) is 23.4 Å². The normalized spacial score (nSPS) is 15.4. The molecule has 1 saturated heterocycles. The van der Waals surface area contributed by atoms with Crippen molar-refractivity contribution < 1.29 is 22.7 Å². The van der Waals surface area contributed by atoms with Gasteiger partial charge in [0.1, 0.15) is 27.8 Å². The quantitative estimate of drug-likeness (QED) is 0.282. The predicted molar refractivity (Wildman–Crippen MR) is 143 cm³/mol. The van der Waals surface area contributed by atoms with Gasteiger partial charge in [0.2, 0.25) is 0 Å². The smallest absolute Gasteiger partial charge is 0.422 e. The summed E-state index contributed by atoms with van der Waals surface area (Å²) in [5.41, 5.74) is -0.242. The van der Waals surface area contributed by atoms with Gasteiger partial charge in [0, 0.05) is 30.1 Å². The highest BCUT2D eigenvalue weighted by atomic mass is 32.1. The predicted octanol–water partition coefficient (Wildman–Crippen LogP) is 5.85. The number of rotatable bonds is 8. The number of halogens is 3. The number of alkyl halides is 3. The SMILES string of the molecule is CNC[C@H]1CCCN1c1c(NC(=O)c2csc(-c3ccnnc3)n2)ccc(Oc2ccccc2)c1C(F)(F)F. The van der Waals surface area contributed by atoms with Crippen molar-refractivity contribution in [1.29, 1.82) is 0 Å². The minimum atomic E-state index is -4.75. The van der Waals surface area contributed by atoms with Crippen LogP contribution in [0.5, 0.6) is 11.5 Å². The summed E-state index contributed by atoms with van der Waals surface area (Å²) in [6, 6.07) is 12.5. The summed E-state index contributed by atoms with van der Waals surface area (Å²) in [4.78, 5) is 19.3. The van der Waals surface area contributed by atoms with Crippen LogP contribution in [0.1, 0.15) is 28.9 Å². The third-order valence-corrected chi connectivity index (χ3v) is 7.21. The van der Waals surface area contributed by atoms with E-state index in [1.54, 1.807) is 53.7 Å². The number of ether oxygens (including phenoxy) is 1. The summed E-state index contributed by atoms with van der Waals surface area (Å²) < 4.78 is 50.0. The Labute approximate surface area is 226 Å². The van der Waals surface area contributed by atoms with Crippen LogP contribution in [0.15, 0.2) is 66.3 Å². The third kappa shape index (κ3) is 5.86. The minimum absolute atomic E-state index is 0.0378. The first-order chi connectivity index (χ1) is 18.8. The number of nitrogens with zero attached hydrogens (tertiary/aromatic N) is 4. The summed E-state index contributed by atoms with van der Waals surface area (Å²) in [5.74, 6) is -0.674. The Morgan fingerprint density at radius 3 is 2.69 bits per heavy atom. The fourth-order valence-corrected chi connectivity index (χ4v) is 5.43. The number of likely N-dealkylation sites (N-methyl/N-ethyl adjacent to an activating group) is 1. The fraction of sp³-hybridized carbons (Fsp3) is 0.259. The van der Waals surface area contributed by atoms with E-state index in [0.29, 0.717) is 30.1 Å². The van der Waals surface area contributed by atoms with E-state index < -0.39 is 17.6 Å². The van der Waals surface area contributed by atoms with Gasteiger partial charge in [0.15, 0.2) is 0 Å². The number of anilines is 2. The number of carbonyl (C=O) groups excluding carboxylic acids is 1. The zero-order chi connectivity index (χ0) is 27.4. The highest BCUT2D eigenvalue weighted by molar-refractivity contribution is 7.13. The van der Waals surface area contributed by atoms with Crippen LogP contribution in [-0.2, 0) is 6.18 Å². The molecular formula is C27H25F3N6O2S. The maximum Gasteiger partial charge on any atom is 0.422 e. The van der Waals surface area contributed by atoms with Crippen molar-refractivity contribution in [2.75, 3.05) is 30.4 Å². The zero-order valence-electron chi connectivity index (χ0n) is 20.9. The molecule has 39 heavy (non-hydrogen) atoms. The van der Waals surface area contributed by atoms with Gasteiger partial charge in [0.05, 0.1) is 23.8 Å². The van der Waals surface area contributed by atoms with Crippen LogP contribution in [0.25, 0.3) is 10.6 Å². The van der Waals surface area contributed by atoms with Crippen molar-refractivity contribution in [2.24, 2.45) is 0 Å². The first-order valence-corrected chi connectivity index (χ1v) is 13.2. The van der Waals surface area contributed by atoms with Crippen molar-refractivity contribution in [3.63, 3.8) is 0 Å². The average Bonchev–Trinajstić information content (AvgIpc) is 3.60. The average molecular weight is 555 g/mol. The molecule has 1 amide bonds. The third-order valence-electron chi connectivity index (χ3n) is 6.31. The molecular weight excluding hydrogens is 529 g/mol. The van der Waals surface area contributed by atoms with E-state index in [1.165, 1.54) is 35.9 Å². The number of hydrogen-bond acceptors (Lipinski definition) is 8. The van der Waals surface area contributed by atoms with Gasteiger partial charge in [0.25, 0.3) is 5.91 Å². The van der Waals surface area contributed by atoms with E-state index in [-0.39, 0.29) is 34.6 Å². The molecule has 8 nitrogen and oxygen atoms in total. The zero-order valence-corrected chi connectivity index (χ0v) is 21.7. The Balaban J connectivity index is 1.56. The first-order valence-electron chi connectivity index (χ1n) is 12.3. The van der Waals surface area contributed by atoms with Gasteiger partial charge >= 0.3 is 6.18 Å². The lowest BCUT2D eigenvalue weighted by Gasteiger charge is -2.32. The number of amides is 1. The molecule has 3 heterocycles. The van der Waals surface area contributed by atoms with Crippen molar-refractivity contribution in [2.45, 2.75) is 25.1 Å². The molecule has 4 aromatic rings. The molecule has 0 bridgehead atoms. The molecule has 1 aliphatic heterocycles. The molecule has 2 N–H and O–H groups in total. The lowest BCUT2D eigenvalue weighted by molar-refractivity contribution is -0.138. The molecule has 202 valence electrons. The van der Waals surface area contributed by atoms with E-state index in [9.17, 15) is 18.0 Å². The number of benzene rings is 2. The van der Waals surface area contributed by atoms with Crippen molar-refractivity contribution in [3.05, 3.63) is 77.6 Å². The molecule has 1 aliphatic rings. The second-order valence-electron chi connectivity index (χ2n) is 8.92. The van der Waals surface area contributed by atoms with Gasteiger partial charge in [-0.15, -0.1) is 11.3 Å². The van der Waals surface area contributed by atoms with E-state index >= 15 is 0 Å². The Bertz CT molecular complexity index is 1430. The van der Waals surface area contributed by atoms with Gasteiger partial charge in [-0.25, -0.2) is 4.98 Å². The van der Waals surface area contributed by atoms with E-state index in [1.807, 2.05) is 0 Å². The lowest BCUT2D eigenvalue weighted by atomic mass is 10.1. The van der Waals surface area contributed by atoms with Crippen LogP contribution >= 0.6 is 11.3 Å². The molecule has 12 heteroatoms. The number of aromatic nitrogens is 3. The summed E-state index contributed by atoms with van der Waals surface area (Å²) in [6.07, 6.45) is -0.289. The number of thiazole rings is 1. The molecule has 1 atom stereocenters. The number of nitrogens with one attached hydrogen (secondary N) is 2. The number of hydrogen-bond donors (Lipinski definition) is 2. The van der Waals surface area contributed by atoms with Gasteiger partial charge < -0.3 is 20.3 Å². The molecule has 0 saturated carbocycles. The fourth-order valence-electron chi connectivity index (χ4n) is 4.64. The second-order valence-corrected chi connectivity index (χ2v) is 9.78. The maximum absolute atomic E-state index is 14.8. The molecule has 0 unspecified atom stereocenters. The summed E-state index contributed by atoms with van der Waals surface area (Å²) >= 11 is 1.23. The monoisotopic (exact) mass is 554 g/mol. The topological polar surface area (TPSA) is 92.3 Å². The molecule has 0 radical (unpaired) electrons. The second kappa shape index (κ2) is 11.4.